The zero-order valence-corrected chi connectivity index (χ0v) is 48.9. The summed E-state index contributed by atoms with van der Waals surface area (Å²) in [6.45, 7) is 3.61. The Labute approximate surface area is 473 Å². The molecule has 0 aromatic carbocycles. The maximum atomic E-state index is 13.1. The third-order valence-electron chi connectivity index (χ3n) is 14.8. The van der Waals surface area contributed by atoms with Gasteiger partial charge in [-0.2, -0.15) is 0 Å². The first-order valence-corrected chi connectivity index (χ1v) is 31.4. The topological polar surface area (TPSA) is 214 Å². The van der Waals surface area contributed by atoms with E-state index in [2.05, 4.69) is 74.6 Å². The zero-order chi connectivity index (χ0) is 56.5. The predicted octanol–water partition coefficient (Wildman–Crippen LogP) is 12.0. The lowest BCUT2D eigenvalue weighted by Crippen LogP contribution is -2.61. The molecule has 11 unspecified atom stereocenters. The summed E-state index contributed by atoms with van der Waals surface area (Å²) in [4.78, 5) is 13.1. The van der Waals surface area contributed by atoms with E-state index in [1.54, 1.807) is 0 Å². The van der Waals surface area contributed by atoms with Crippen molar-refractivity contribution in [1.29, 1.82) is 0 Å². The van der Waals surface area contributed by atoms with Crippen LogP contribution in [0.1, 0.15) is 239 Å². The van der Waals surface area contributed by atoms with Crippen LogP contribution in [0.4, 0.5) is 0 Å². The van der Waals surface area contributed by atoms with E-state index in [-0.39, 0.29) is 25.6 Å². The smallest absolute Gasteiger partial charge is 0.306 e. The Morgan fingerprint density at radius 3 is 1.31 bits per heavy atom. The van der Waals surface area contributed by atoms with Crippen molar-refractivity contribution in [2.24, 2.45) is 0 Å². The van der Waals surface area contributed by atoms with Crippen LogP contribution >= 0.6 is 0 Å². The van der Waals surface area contributed by atoms with E-state index in [0.29, 0.717) is 13.0 Å². The maximum Gasteiger partial charge on any atom is 0.306 e. The first-order chi connectivity index (χ1) is 38.1. The Hall–Kier alpha value is -2.31. The molecule has 14 nitrogen and oxygen atoms in total. The molecule has 2 saturated heterocycles. The third-order valence-corrected chi connectivity index (χ3v) is 14.8. The maximum absolute atomic E-state index is 13.1. The van der Waals surface area contributed by atoms with Gasteiger partial charge in [0.15, 0.2) is 12.6 Å². The van der Waals surface area contributed by atoms with E-state index < -0.39 is 80.7 Å². The molecule has 0 aromatic heterocycles. The highest BCUT2D eigenvalue weighted by Gasteiger charge is 2.47. The molecular weight excluding hydrogens is 993 g/mol. The fourth-order valence-electron chi connectivity index (χ4n) is 9.78. The first kappa shape index (κ1) is 71.8. The quantitative estimate of drug-likeness (QED) is 0.0172. The molecule has 0 radical (unpaired) electrons. The number of hydrogen-bond acceptors (Lipinski definition) is 14. The Balaban J connectivity index is 1.68. The number of rotatable bonds is 51. The van der Waals surface area contributed by atoms with Gasteiger partial charge in [-0.05, 0) is 57.8 Å². The van der Waals surface area contributed by atoms with Crippen LogP contribution in [0.3, 0.4) is 0 Å². The molecule has 0 aromatic rings. The summed E-state index contributed by atoms with van der Waals surface area (Å²) < 4.78 is 34.5. The number of allylic oxidation sites excluding steroid dienone is 10. The Kier molecular flexibility index (Phi) is 46.4. The lowest BCUT2D eigenvalue weighted by molar-refractivity contribution is -0.332. The van der Waals surface area contributed by atoms with Gasteiger partial charge in [-0.3, -0.25) is 4.79 Å². The third kappa shape index (κ3) is 36.2. The SMILES string of the molecule is CC/C=C\C/C=C\C/C=C\C/C=C\C/C=C\CCCCCCCCCCCC(=O)OC(COCCCCCCCCCCCCCCCCCCCCC)COC1OC(COC2OC(CO)C(O)C(O)C2O)C(O)C(O)C1O. The summed E-state index contributed by atoms with van der Waals surface area (Å²) in [5, 5.41) is 72.5. The first-order valence-electron chi connectivity index (χ1n) is 31.4. The van der Waals surface area contributed by atoms with Crippen LogP contribution in [-0.2, 0) is 33.2 Å². The van der Waals surface area contributed by atoms with Gasteiger partial charge < -0.3 is 64.2 Å². The van der Waals surface area contributed by atoms with Gasteiger partial charge in [-0.1, -0.05) is 235 Å². The van der Waals surface area contributed by atoms with Crippen LogP contribution < -0.4 is 0 Å². The van der Waals surface area contributed by atoms with Crippen molar-refractivity contribution in [2.45, 2.75) is 306 Å². The van der Waals surface area contributed by atoms with Crippen LogP contribution in [0.25, 0.3) is 0 Å². The van der Waals surface area contributed by atoms with Crippen LogP contribution in [0, 0.1) is 0 Å². The lowest BCUT2D eigenvalue weighted by Gasteiger charge is -2.42. The van der Waals surface area contributed by atoms with Crippen LogP contribution in [0.2, 0.25) is 0 Å². The number of aliphatic hydroxyl groups excluding tert-OH is 7. The highest BCUT2D eigenvalue weighted by Crippen LogP contribution is 2.27. The van der Waals surface area contributed by atoms with Gasteiger partial charge in [-0.25, -0.2) is 0 Å². The van der Waals surface area contributed by atoms with Gasteiger partial charge >= 0.3 is 5.97 Å². The number of unbranched alkanes of at least 4 members (excludes halogenated alkanes) is 27. The second kappa shape index (κ2) is 50.4. The molecule has 0 bridgehead atoms. The number of aliphatic hydroxyl groups is 7. The van der Waals surface area contributed by atoms with Gasteiger partial charge in [0, 0.05) is 13.0 Å². The average molecular weight is 1110 g/mol. The Morgan fingerprint density at radius 2 is 0.833 bits per heavy atom. The molecule has 2 heterocycles. The second-order valence-corrected chi connectivity index (χ2v) is 21.9. The molecule has 78 heavy (non-hydrogen) atoms. The van der Waals surface area contributed by atoms with Gasteiger partial charge in [0.25, 0.3) is 0 Å². The molecule has 2 aliphatic heterocycles. The molecule has 0 spiro atoms. The lowest BCUT2D eigenvalue weighted by atomic mass is 9.98. The van der Waals surface area contributed by atoms with E-state index in [4.69, 9.17) is 28.4 Å². The zero-order valence-electron chi connectivity index (χ0n) is 48.9. The highest BCUT2D eigenvalue weighted by atomic mass is 16.7. The molecule has 7 N–H and O–H groups in total. The molecule has 0 aliphatic carbocycles. The predicted molar refractivity (Wildman–Crippen MR) is 312 cm³/mol. The van der Waals surface area contributed by atoms with Crippen LogP contribution in [0.5, 0.6) is 0 Å². The number of carbonyl (C=O) groups is 1. The summed E-state index contributed by atoms with van der Waals surface area (Å²) in [5.41, 5.74) is 0. The summed E-state index contributed by atoms with van der Waals surface area (Å²) in [6.07, 6.45) is 47.1. The van der Waals surface area contributed by atoms with Crippen molar-refractivity contribution in [3.63, 3.8) is 0 Å². The summed E-state index contributed by atoms with van der Waals surface area (Å²) in [6, 6.07) is 0. The van der Waals surface area contributed by atoms with E-state index >= 15 is 0 Å². The number of esters is 1. The number of hydrogen-bond donors (Lipinski definition) is 7. The van der Waals surface area contributed by atoms with E-state index in [1.165, 1.54) is 135 Å². The van der Waals surface area contributed by atoms with Crippen molar-refractivity contribution >= 4 is 5.97 Å². The molecule has 2 fully saturated rings. The molecule has 0 saturated carbocycles. The number of ether oxygens (including phenoxy) is 6. The van der Waals surface area contributed by atoms with E-state index in [9.17, 15) is 40.5 Å². The monoisotopic (exact) mass is 1110 g/mol. The molecule has 0 amide bonds. The minimum atomic E-state index is -1.71. The molecule has 11 atom stereocenters. The van der Waals surface area contributed by atoms with E-state index in [1.807, 2.05) is 0 Å². The second-order valence-electron chi connectivity index (χ2n) is 21.9. The highest BCUT2D eigenvalue weighted by molar-refractivity contribution is 5.69. The standard InChI is InChI=1S/C64H114O14/c1-3-5-7-9-11-13-15-17-19-21-23-24-25-26-27-28-29-31-33-35-37-39-41-43-45-47-56(66)76-53(50-73-48-46-44-42-40-38-36-34-32-30-22-20-18-16-14-12-10-8-6-4-2)51-74-63-62(72)60(70)58(68)55(78-63)52-75-64-61(71)59(69)57(67)54(49-65)77-64/h5,7,11,13,17,19,23-24,26-27,53-55,57-65,67-72H,3-4,6,8-10,12,14-16,18,20-22,25,28-52H2,1-2H3/b7-5-,13-11-,19-17-,24-23-,27-26-. The number of carbonyl (C=O) groups excluding carboxylic acids is 1. The van der Waals surface area contributed by atoms with Crippen LogP contribution in [0.15, 0.2) is 60.8 Å². The Bertz CT molecular complexity index is 1520. The minimum absolute atomic E-state index is 0.0603. The molecule has 2 aliphatic rings. The van der Waals surface area contributed by atoms with Gasteiger partial charge in [0.1, 0.15) is 54.9 Å². The van der Waals surface area contributed by atoms with Crippen molar-refractivity contribution in [2.75, 3.05) is 33.0 Å². The summed E-state index contributed by atoms with van der Waals surface area (Å²) in [5.74, 6) is -0.380. The summed E-state index contributed by atoms with van der Waals surface area (Å²) >= 11 is 0. The fraction of sp³-hybridized carbons (Fsp3) is 0.828. The summed E-state index contributed by atoms with van der Waals surface area (Å²) in [7, 11) is 0. The normalized spacial score (nSPS) is 24.5. The van der Waals surface area contributed by atoms with Crippen LogP contribution in [-0.4, -0.2) is 142 Å². The molecule has 454 valence electrons. The van der Waals surface area contributed by atoms with Crippen molar-refractivity contribution in [3.05, 3.63) is 60.8 Å². The average Bonchev–Trinajstić information content (AvgIpc) is 3.44. The van der Waals surface area contributed by atoms with Crippen molar-refractivity contribution in [3.8, 4) is 0 Å². The van der Waals surface area contributed by atoms with E-state index in [0.717, 1.165) is 77.0 Å². The molecule has 2 rings (SSSR count). The van der Waals surface area contributed by atoms with Gasteiger partial charge in [0.2, 0.25) is 0 Å². The van der Waals surface area contributed by atoms with Crippen molar-refractivity contribution in [1.82, 2.24) is 0 Å². The largest absolute Gasteiger partial charge is 0.457 e. The fourth-order valence-corrected chi connectivity index (χ4v) is 9.78. The van der Waals surface area contributed by atoms with Gasteiger partial charge in [0.05, 0.1) is 26.4 Å². The van der Waals surface area contributed by atoms with Gasteiger partial charge in [-0.15, -0.1) is 0 Å². The molecular formula is C64H114O14. The minimum Gasteiger partial charge on any atom is -0.457 e. The Morgan fingerprint density at radius 1 is 0.436 bits per heavy atom. The molecule has 14 heteroatoms. The van der Waals surface area contributed by atoms with Crippen molar-refractivity contribution < 1.29 is 69.0 Å².